The zero-order valence-corrected chi connectivity index (χ0v) is 13.6. The number of rotatable bonds is 4. The smallest absolute Gasteiger partial charge is 0.211 e. The first-order chi connectivity index (χ1) is 9.41. The molecule has 118 valence electrons. The predicted octanol–water partition coefficient (Wildman–Crippen LogP) is 0.717. The Morgan fingerprint density at radius 1 is 1.20 bits per heavy atom. The van der Waals surface area contributed by atoms with E-state index in [0.29, 0.717) is 37.5 Å². The van der Waals surface area contributed by atoms with Gasteiger partial charge in [0.1, 0.15) is 0 Å². The molecule has 5 nitrogen and oxygen atoms in total. The molecule has 0 aromatic carbocycles. The van der Waals surface area contributed by atoms with E-state index in [4.69, 9.17) is 5.73 Å². The molecule has 3 atom stereocenters. The Kier molecular flexibility index (Phi) is 5.45. The summed E-state index contributed by atoms with van der Waals surface area (Å²) in [7, 11) is -3.04. The van der Waals surface area contributed by atoms with E-state index in [-0.39, 0.29) is 0 Å². The highest BCUT2D eigenvalue weighted by Crippen LogP contribution is 2.26. The molecular formula is C14H29N3O2S. The van der Waals surface area contributed by atoms with Crippen LogP contribution in [0.3, 0.4) is 0 Å². The zero-order chi connectivity index (χ0) is 14.8. The number of nitrogens with zero attached hydrogens (tertiary/aromatic N) is 2. The van der Waals surface area contributed by atoms with Gasteiger partial charge in [-0.1, -0.05) is 6.92 Å². The third-order valence-corrected chi connectivity index (χ3v) is 6.19. The first-order valence-electron chi connectivity index (χ1n) is 7.81. The summed E-state index contributed by atoms with van der Waals surface area (Å²) in [5.74, 6) is 1.11. The lowest BCUT2D eigenvalue weighted by Crippen LogP contribution is -2.52. The maximum atomic E-state index is 11.7. The largest absolute Gasteiger partial charge is 0.329 e. The summed E-state index contributed by atoms with van der Waals surface area (Å²) in [6.07, 6.45) is 5.93. The molecule has 20 heavy (non-hydrogen) atoms. The molecule has 0 aliphatic carbocycles. The van der Waals surface area contributed by atoms with Crippen molar-refractivity contribution in [3.05, 3.63) is 0 Å². The number of hydrogen-bond donors (Lipinski definition) is 1. The summed E-state index contributed by atoms with van der Waals surface area (Å²) in [5.41, 5.74) is 5.94. The lowest BCUT2D eigenvalue weighted by molar-refractivity contribution is 0.0762. The zero-order valence-electron chi connectivity index (χ0n) is 12.8. The Morgan fingerprint density at radius 3 is 2.55 bits per heavy atom. The number of piperidine rings is 2. The van der Waals surface area contributed by atoms with Gasteiger partial charge in [-0.15, -0.1) is 0 Å². The van der Waals surface area contributed by atoms with Crippen molar-refractivity contribution in [2.75, 3.05) is 39.0 Å². The van der Waals surface area contributed by atoms with Gasteiger partial charge in [0.25, 0.3) is 0 Å². The standard InChI is InChI=1S/C14H29N3O2S/c1-12-5-3-7-16(14(12)9-15)10-13-6-4-8-17(11-13)20(2,18)19/h12-14H,3-11,15H2,1-2H3. The number of likely N-dealkylation sites (tertiary alicyclic amines) is 1. The van der Waals surface area contributed by atoms with E-state index in [1.54, 1.807) is 4.31 Å². The normalized spacial score (nSPS) is 34.2. The average molecular weight is 303 g/mol. The second-order valence-electron chi connectivity index (χ2n) is 6.55. The Bertz CT molecular complexity index is 413. The van der Waals surface area contributed by atoms with Gasteiger partial charge in [-0.05, 0) is 44.1 Å². The van der Waals surface area contributed by atoms with E-state index in [1.165, 1.54) is 19.1 Å². The van der Waals surface area contributed by atoms with Crippen molar-refractivity contribution in [1.29, 1.82) is 0 Å². The molecule has 2 saturated heterocycles. The van der Waals surface area contributed by atoms with Gasteiger partial charge in [-0.3, -0.25) is 4.90 Å². The van der Waals surface area contributed by atoms with E-state index < -0.39 is 10.0 Å². The van der Waals surface area contributed by atoms with Gasteiger partial charge in [-0.2, -0.15) is 0 Å². The maximum Gasteiger partial charge on any atom is 0.211 e. The van der Waals surface area contributed by atoms with Crippen LogP contribution in [0, 0.1) is 11.8 Å². The van der Waals surface area contributed by atoms with Gasteiger partial charge >= 0.3 is 0 Å². The first-order valence-corrected chi connectivity index (χ1v) is 9.66. The summed E-state index contributed by atoms with van der Waals surface area (Å²) in [6, 6.07) is 0.470. The minimum atomic E-state index is -3.04. The molecule has 0 amide bonds. The van der Waals surface area contributed by atoms with Crippen LogP contribution >= 0.6 is 0 Å². The molecule has 0 saturated carbocycles. The summed E-state index contributed by atoms with van der Waals surface area (Å²) >= 11 is 0. The number of nitrogens with two attached hydrogens (primary N) is 1. The fourth-order valence-electron chi connectivity index (χ4n) is 3.75. The van der Waals surface area contributed by atoms with E-state index in [0.717, 1.165) is 25.9 Å². The van der Waals surface area contributed by atoms with Crippen molar-refractivity contribution >= 4 is 10.0 Å². The molecular weight excluding hydrogens is 274 g/mol. The average Bonchev–Trinajstić information content (AvgIpc) is 2.38. The minimum absolute atomic E-state index is 0.456. The molecule has 2 aliphatic rings. The molecule has 0 aromatic rings. The van der Waals surface area contributed by atoms with Crippen LogP contribution in [0.5, 0.6) is 0 Å². The lowest BCUT2D eigenvalue weighted by Gasteiger charge is -2.42. The maximum absolute atomic E-state index is 11.7. The van der Waals surface area contributed by atoms with Crippen molar-refractivity contribution in [2.24, 2.45) is 17.6 Å². The van der Waals surface area contributed by atoms with Crippen molar-refractivity contribution in [1.82, 2.24) is 9.21 Å². The minimum Gasteiger partial charge on any atom is -0.329 e. The Hall–Kier alpha value is -0.170. The molecule has 0 spiro atoms. The van der Waals surface area contributed by atoms with Crippen LogP contribution in [-0.2, 0) is 10.0 Å². The van der Waals surface area contributed by atoms with E-state index >= 15 is 0 Å². The Morgan fingerprint density at radius 2 is 1.90 bits per heavy atom. The third kappa shape index (κ3) is 3.93. The van der Waals surface area contributed by atoms with Crippen molar-refractivity contribution < 1.29 is 8.42 Å². The van der Waals surface area contributed by atoms with Crippen LogP contribution in [-0.4, -0.2) is 62.6 Å². The van der Waals surface area contributed by atoms with E-state index in [2.05, 4.69) is 11.8 Å². The fourth-order valence-corrected chi connectivity index (χ4v) is 4.69. The highest BCUT2D eigenvalue weighted by atomic mass is 32.2. The molecule has 2 aliphatic heterocycles. The molecule has 2 rings (SSSR count). The quantitative estimate of drug-likeness (QED) is 0.831. The molecule has 0 bridgehead atoms. The summed E-state index contributed by atoms with van der Waals surface area (Å²) in [4.78, 5) is 2.50. The van der Waals surface area contributed by atoms with Gasteiger partial charge in [0.2, 0.25) is 10.0 Å². The molecule has 0 radical (unpaired) electrons. The van der Waals surface area contributed by atoms with Crippen LogP contribution in [0.2, 0.25) is 0 Å². The molecule has 2 fully saturated rings. The van der Waals surface area contributed by atoms with E-state index in [1.807, 2.05) is 0 Å². The molecule has 6 heteroatoms. The Labute approximate surface area is 123 Å². The molecule has 2 N–H and O–H groups in total. The van der Waals surface area contributed by atoms with Gasteiger partial charge < -0.3 is 5.73 Å². The third-order valence-electron chi connectivity index (χ3n) is 4.92. The SMILES string of the molecule is CC1CCCN(CC2CCCN(S(C)(=O)=O)C2)C1CN. The molecule has 0 aromatic heterocycles. The fraction of sp³-hybridized carbons (Fsp3) is 1.00. The topological polar surface area (TPSA) is 66.6 Å². The second kappa shape index (κ2) is 6.73. The highest BCUT2D eigenvalue weighted by Gasteiger charge is 2.32. The Balaban J connectivity index is 1.95. The number of hydrogen-bond acceptors (Lipinski definition) is 4. The van der Waals surface area contributed by atoms with Crippen LogP contribution in [0.4, 0.5) is 0 Å². The monoisotopic (exact) mass is 303 g/mol. The highest BCUT2D eigenvalue weighted by molar-refractivity contribution is 7.88. The van der Waals surface area contributed by atoms with Crippen LogP contribution in [0.25, 0.3) is 0 Å². The first kappa shape index (κ1) is 16.2. The van der Waals surface area contributed by atoms with Crippen molar-refractivity contribution in [2.45, 2.75) is 38.6 Å². The number of sulfonamides is 1. The summed E-state index contributed by atoms with van der Waals surface area (Å²) in [5, 5.41) is 0. The van der Waals surface area contributed by atoms with Gasteiger partial charge in [0.05, 0.1) is 6.26 Å². The van der Waals surface area contributed by atoms with Crippen LogP contribution in [0.15, 0.2) is 0 Å². The molecule has 2 heterocycles. The van der Waals surface area contributed by atoms with E-state index in [9.17, 15) is 8.42 Å². The summed E-state index contributed by atoms with van der Waals surface area (Å²) < 4.78 is 25.0. The molecule has 3 unspecified atom stereocenters. The van der Waals surface area contributed by atoms with Crippen molar-refractivity contribution in [3.63, 3.8) is 0 Å². The summed E-state index contributed by atoms with van der Waals surface area (Å²) in [6.45, 7) is 6.48. The second-order valence-corrected chi connectivity index (χ2v) is 8.53. The van der Waals surface area contributed by atoms with Gasteiger partial charge in [-0.25, -0.2) is 12.7 Å². The van der Waals surface area contributed by atoms with Crippen LogP contribution < -0.4 is 5.73 Å². The van der Waals surface area contributed by atoms with Crippen LogP contribution in [0.1, 0.15) is 32.6 Å². The lowest BCUT2D eigenvalue weighted by atomic mass is 9.89. The predicted molar refractivity (Wildman–Crippen MR) is 82.0 cm³/mol. The van der Waals surface area contributed by atoms with Crippen molar-refractivity contribution in [3.8, 4) is 0 Å². The van der Waals surface area contributed by atoms with Gasteiger partial charge in [0, 0.05) is 32.2 Å². The van der Waals surface area contributed by atoms with Gasteiger partial charge in [0.15, 0.2) is 0 Å².